The summed E-state index contributed by atoms with van der Waals surface area (Å²) < 4.78 is 5.05. The van der Waals surface area contributed by atoms with E-state index in [1.165, 1.54) is 12.5 Å². The first-order valence-electron chi connectivity index (χ1n) is 8.53. The molecule has 1 aliphatic rings. The van der Waals surface area contributed by atoms with E-state index >= 15 is 0 Å². The number of Topliss-reactive ketones (excluding diaryl/α,β-unsaturated/α-hetero) is 1. The fourth-order valence-electron chi connectivity index (χ4n) is 3.13. The van der Waals surface area contributed by atoms with Gasteiger partial charge >= 0.3 is 0 Å². The summed E-state index contributed by atoms with van der Waals surface area (Å²) in [4.78, 5) is 26.1. The van der Waals surface area contributed by atoms with Crippen molar-refractivity contribution >= 4 is 11.7 Å². The molecule has 0 spiro atoms. The number of ether oxygens (including phenoxy) is 1. The Morgan fingerprint density at radius 2 is 1.84 bits per heavy atom. The first-order chi connectivity index (χ1) is 11.7. The van der Waals surface area contributed by atoms with Gasteiger partial charge in [0.2, 0.25) is 0 Å². The van der Waals surface area contributed by atoms with E-state index < -0.39 is 17.7 Å². The lowest BCUT2D eigenvalue weighted by atomic mass is 9.85. The van der Waals surface area contributed by atoms with Crippen LogP contribution < -0.4 is 0 Å². The van der Waals surface area contributed by atoms with Gasteiger partial charge in [0.15, 0.2) is 11.5 Å². The van der Waals surface area contributed by atoms with E-state index in [0.29, 0.717) is 19.6 Å². The van der Waals surface area contributed by atoms with E-state index in [9.17, 15) is 14.7 Å². The number of aliphatic hydroxyl groups excluding tert-OH is 1. The maximum Gasteiger partial charge on any atom is 0.290 e. The minimum atomic E-state index is -0.545. The third-order valence-electron chi connectivity index (χ3n) is 4.52. The summed E-state index contributed by atoms with van der Waals surface area (Å²) in [5, 5.41) is 10.2. The largest absolute Gasteiger partial charge is 0.503 e. The number of carbonyl (C=O) groups is 2. The summed E-state index contributed by atoms with van der Waals surface area (Å²) in [6.45, 7) is 8.70. The Morgan fingerprint density at radius 1 is 1.24 bits per heavy atom. The van der Waals surface area contributed by atoms with Gasteiger partial charge in [-0.3, -0.25) is 9.59 Å². The number of hydrogen-bond donors (Lipinski definition) is 1. The molecule has 0 aromatic heterocycles. The van der Waals surface area contributed by atoms with Crippen molar-refractivity contribution in [3.05, 3.63) is 46.7 Å². The molecule has 0 fully saturated rings. The SMILES string of the molecule is COCCCN1C(=O)C(O)=C(C(C)=O)C1c1ccc(C(C)(C)C)cc1. The van der Waals surface area contributed by atoms with Gasteiger partial charge in [-0.15, -0.1) is 0 Å². The topological polar surface area (TPSA) is 66.8 Å². The number of methoxy groups -OCH3 is 1. The number of aliphatic hydroxyl groups is 1. The second kappa shape index (κ2) is 7.40. The van der Waals surface area contributed by atoms with Crippen LogP contribution in [-0.4, -0.2) is 42.0 Å². The average molecular weight is 345 g/mol. The molecular weight excluding hydrogens is 318 g/mol. The molecule has 5 nitrogen and oxygen atoms in total. The van der Waals surface area contributed by atoms with Crippen molar-refractivity contribution in [2.45, 2.75) is 45.6 Å². The molecule has 1 N–H and O–H groups in total. The van der Waals surface area contributed by atoms with Gasteiger partial charge in [0, 0.05) is 20.3 Å². The van der Waals surface area contributed by atoms with Gasteiger partial charge in [0.1, 0.15) is 0 Å². The van der Waals surface area contributed by atoms with Crippen LogP contribution in [0.5, 0.6) is 0 Å². The van der Waals surface area contributed by atoms with Crippen molar-refractivity contribution in [1.29, 1.82) is 0 Å². The molecule has 1 heterocycles. The molecule has 25 heavy (non-hydrogen) atoms. The van der Waals surface area contributed by atoms with Crippen LogP contribution in [0.2, 0.25) is 0 Å². The molecule has 0 radical (unpaired) electrons. The molecule has 0 saturated carbocycles. The first kappa shape index (κ1) is 19.2. The summed E-state index contributed by atoms with van der Waals surface area (Å²) in [5.74, 6) is -1.22. The second-order valence-electron chi connectivity index (χ2n) is 7.44. The highest BCUT2D eigenvalue weighted by atomic mass is 16.5. The molecule has 0 aliphatic carbocycles. The number of hydrogen-bond acceptors (Lipinski definition) is 4. The normalized spacial score (nSPS) is 18.2. The monoisotopic (exact) mass is 345 g/mol. The maximum atomic E-state index is 12.4. The summed E-state index contributed by atoms with van der Waals surface area (Å²) in [5.41, 5.74) is 2.19. The van der Waals surface area contributed by atoms with Crippen LogP contribution in [0.15, 0.2) is 35.6 Å². The van der Waals surface area contributed by atoms with E-state index in [1.54, 1.807) is 12.0 Å². The lowest BCUT2D eigenvalue weighted by Crippen LogP contribution is -2.32. The van der Waals surface area contributed by atoms with Crippen LogP contribution in [0.25, 0.3) is 0 Å². The van der Waals surface area contributed by atoms with Gasteiger partial charge < -0.3 is 14.7 Å². The van der Waals surface area contributed by atoms with Gasteiger partial charge in [-0.1, -0.05) is 45.0 Å². The highest BCUT2D eigenvalue weighted by Crippen LogP contribution is 2.38. The molecule has 1 aromatic rings. The predicted octanol–water partition coefficient (Wildman–Crippen LogP) is 3.31. The van der Waals surface area contributed by atoms with E-state index in [1.807, 2.05) is 24.3 Å². The van der Waals surface area contributed by atoms with Crippen molar-refractivity contribution in [2.75, 3.05) is 20.3 Å². The molecule has 136 valence electrons. The third kappa shape index (κ3) is 3.93. The Kier molecular flexibility index (Phi) is 5.68. The zero-order chi connectivity index (χ0) is 18.8. The van der Waals surface area contributed by atoms with Crippen LogP contribution in [0, 0.1) is 0 Å². The van der Waals surface area contributed by atoms with Gasteiger partial charge in [-0.25, -0.2) is 0 Å². The van der Waals surface area contributed by atoms with E-state index in [2.05, 4.69) is 20.8 Å². The molecule has 1 atom stereocenters. The highest BCUT2D eigenvalue weighted by Gasteiger charge is 2.41. The fourth-order valence-corrected chi connectivity index (χ4v) is 3.13. The van der Waals surface area contributed by atoms with Crippen LogP contribution in [0.4, 0.5) is 0 Å². The minimum absolute atomic E-state index is 0.0174. The number of benzene rings is 1. The van der Waals surface area contributed by atoms with E-state index in [4.69, 9.17) is 4.74 Å². The van der Waals surface area contributed by atoms with Gasteiger partial charge in [-0.05, 0) is 29.9 Å². The van der Waals surface area contributed by atoms with E-state index in [-0.39, 0.29) is 16.8 Å². The summed E-state index contributed by atoms with van der Waals surface area (Å²) >= 11 is 0. The smallest absolute Gasteiger partial charge is 0.290 e. The second-order valence-corrected chi connectivity index (χ2v) is 7.44. The van der Waals surface area contributed by atoms with Gasteiger partial charge in [0.05, 0.1) is 11.6 Å². The zero-order valence-electron chi connectivity index (χ0n) is 15.6. The molecule has 1 aromatic carbocycles. The summed E-state index contributed by atoms with van der Waals surface area (Å²) in [6, 6.07) is 7.35. The Hall–Kier alpha value is -2.14. The van der Waals surface area contributed by atoms with Crippen molar-refractivity contribution in [3.63, 3.8) is 0 Å². The summed E-state index contributed by atoms with van der Waals surface area (Å²) in [7, 11) is 1.60. The lowest BCUT2D eigenvalue weighted by molar-refractivity contribution is -0.129. The highest BCUT2D eigenvalue weighted by molar-refractivity contribution is 6.08. The number of amides is 1. The molecular formula is C20H27NO4. The molecule has 2 rings (SSSR count). The Labute approximate surface area is 149 Å². The molecule has 1 aliphatic heterocycles. The van der Waals surface area contributed by atoms with Crippen molar-refractivity contribution in [3.8, 4) is 0 Å². The van der Waals surface area contributed by atoms with Crippen molar-refractivity contribution < 1.29 is 19.4 Å². The molecule has 1 amide bonds. The average Bonchev–Trinajstić information content (AvgIpc) is 2.79. The fraction of sp³-hybridized carbons (Fsp3) is 0.500. The molecule has 0 bridgehead atoms. The van der Waals surface area contributed by atoms with Crippen LogP contribution in [0.1, 0.15) is 51.3 Å². The van der Waals surface area contributed by atoms with Crippen molar-refractivity contribution in [1.82, 2.24) is 4.90 Å². The lowest BCUT2D eigenvalue weighted by Gasteiger charge is -2.27. The number of carbonyl (C=O) groups excluding carboxylic acids is 2. The van der Waals surface area contributed by atoms with Gasteiger partial charge in [0.25, 0.3) is 5.91 Å². The minimum Gasteiger partial charge on any atom is -0.503 e. The van der Waals surface area contributed by atoms with E-state index in [0.717, 1.165) is 5.56 Å². The Bertz CT molecular complexity index is 683. The Balaban J connectivity index is 2.40. The molecule has 0 saturated heterocycles. The summed E-state index contributed by atoms with van der Waals surface area (Å²) in [6.07, 6.45) is 0.636. The number of ketones is 1. The molecule has 5 heteroatoms. The zero-order valence-corrected chi connectivity index (χ0v) is 15.6. The third-order valence-corrected chi connectivity index (χ3v) is 4.52. The quantitative estimate of drug-likeness (QED) is 0.803. The van der Waals surface area contributed by atoms with Crippen molar-refractivity contribution in [2.24, 2.45) is 0 Å². The van der Waals surface area contributed by atoms with Gasteiger partial charge in [-0.2, -0.15) is 0 Å². The van der Waals surface area contributed by atoms with Crippen LogP contribution >= 0.6 is 0 Å². The number of rotatable bonds is 6. The predicted molar refractivity (Wildman–Crippen MR) is 96.4 cm³/mol. The van der Waals surface area contributed by atoms with Crippen LogP contribution in [0.3, 0.4) is 0 Å². The Morgan fingerprint density at radius 3 is 2.32 bits per heavy atom. The molecule has 1 unspecified atom stereocenters. The standard InChI is InChI=1S/C20H27NO4/c1-13(22)16-17(14-7-9-15(10-8-14)20(2,3)4)21(11-6-12-25-5)19(24)18(16)23/h7-10,17,23H,6,11-12H2,1-5H3. The number of nitrogens with zero attached hydrogens (tertiary/aromatic N) is 1. The first-order valence-corrected chi connectivity index (χ1v) is 8.53. The maximum absolute atomic E-state index is 12.4. The van der Waals surface area contributed by atoms with Crippen LogP contribution in [-0.2, 0) is 19.7 Å².